The summed E-state index contributed by atoms with van der Waals surface area (Å²) in [5, 5.41) is 9.39. The van der Waals surface area contributed by atoms with Crippen LogP contribution in [0.25, 0.3) is 0 Å². The van der Waals surface area contributed by atoms with Crippen LogP contribution in [0.2, 0.25) is 8.67 Å². The van der Waals surface area contributed by atoms with Gasteiger partial charge in [-0.1, -0.05) is 23.2 Å². The predicted octanol–water partition coefficient (Wildman–Crippen LogP) is 3.87. The molecule has 0 radical (unpaired) electrons. The van der Waals surface area contributed by atoms with Gasteiger partial charge in [-0.15, -0.1) is 11.3 Å². The van der Waals surface area contributed by atoms with Crippen LogP contribution in [-0.4, -0.2) is 13.5 Å². The number of aryl methyl sites for hydroxylation is 1. The second-order valence-corrected chi connectivity index (χ2v) is 7.73. The van der Waals surface area contributed by atoms with Gasteiger partial charge in [0.2, 0.25) is 0 Å². The van der Waals surface area contributed by atoms with Crippen LogP contribution in [0.15, 0.2) is 29.2 Å². The maximum absolute atomic E-state index is 12.1. The van der Waals surface area contributed by atoms with E-state index in [0.717, 1.165) is 11.3 Å². The third-order valence-corrected chi connectivity index (χ3v) is 5.50. The molecule has 0 saturated heterocycles. The van der Waals surface area contributed by atoms with Crippen molar-refractivity contribution in [1.82, 2.24) is 0 Å². The number of nitrogens with one attached hydrogen (secondary N) is 1. The number of hydrogen-bond acceptors (Lipinski definition) is 4. The summed E-state index contributed by atoms with van der Waals surface area (Å²) in [6.45, 7) is 1.67. The smallest absolute Gasteiger partial charge is 0.264 e. The normalized spacial score (nSPS) is 11.5. The summed E-state index contributed by atoms with van der Waals surface area (Å²) in [5.74, 6) is 0.0968. The first kappa shape index (κ1) is 14.5. The van der Waals surface area contributed by atoms with Crippen molar-refractivity contribution in [2.75, 3.05) is 4.72 Å². The van der Waals surface area contributed by atoms with E-state index in [9.17, 15) is 13.5 Å². The summed E-state index contributed by atoms with van der Waals surface area (Å²) in [4.78, 5) is -0.0603. The highest BCUT2D eigenvalue weighted by Gasteiger charge is 2.21. The molecule has 0 amide bonds. The first-order valence-electron chi connectivity index (χ1n) is 5.07. The monoisotopic (exact) mass is 337 g/mol. The minimum Gasteiger partial charge on any atom is -0.508 e. The van der Waals surface area contributed by atoms with E-state index in [2.05, 4.69) is 4.72 Å². The van der Waals surface area contributed by atoms with E-state index in [1.807, 2.05) is 0 Å². The van der Waals surface area contributed by atoms with Gasteiger partial charge in [0.25, 0.3) is 10.0 Å². The lowest BCUT2D eigenvalue weighted by molar-refractivity contribution is 0.471. The standard InChI is InChI=1S/C11H9Cl2NO3S2/c1-6-4-7(2-3-8(6)15)14-19(16,17)9-5-10(12)18-11(9)13/h2-5,14-15H,1H3. The van der Waals surface area contributed by atoms with Crippen molar-refractivity contribution in [3.63, 3.8) is 0 Å². The maximum Gasteiger partial charge on any atom is 0.264 e. The van der Waals surface area contributed by atoms with Crippen molar-refractivity contribution in [3.8, 4) is 5.75 Å². The number of halogens is 2. The highest BCUT2D eigenvalue weighted by Crippen LogP contribution is 2.35. The highest BCUT2D eigenvalue weighted by atomic mass is 35.5. The Morgan fingerprint density at radius 2 is 1.95 bits per heavy atom. The van der Waals surface area contributed by atoms with Crippen molar-refractivity contribution in [2.45, 2.75) is 11.8 Å². The zero-order valence-electron chi connectivity index (χ0n) is 9.65. The number of phenolic OH excluding ortho intramolecular Hbond substituents is 1. The molecule has 0 aliphatic heterocycles. The fourth-order valence-corrected chi connectivity index (χ4v) is 4.64. The largest absolute Gasteiger partial charge is 0.508 e. The van der Waals surface area contributed by atoms with Crippen molar-refractivity contribution in [1.29, 1.82) is 0 Å². The van der Waals surface area contributed by atoms with Crippen LogP contribution < -0.4 is 4.72 Å². The number of benzene rings is 1. The van der Waals surface area contributed by atoms with Crippen molar-refractivity contribution in [2.24, 2.45) is 0 Å². The van der Waals surface area contributed by atoms with Gasteiger partial charge in [-0.05, 0) is 36.8 Å². The number of anilines is 1. The average molecular weight is 338 g/mol. The zero-order valence-corrected chi connectivity index (χ0v) is 12.8. The summed E-state index contributed by atoms with van der Waals surface area (Å²) in [6.07, 6.45) is 0. The minimum atomic E-state index is -3.79. The Labute approximate surface area is 124 Å². The second kappa shape index (κ2) is 5.20. The summed E-state index contributed by atoms with van der Waals surface area (Å²) in [6, 6.07) is 5.69. The molecule has 0 aliphatic carbocycles. The third-order valence-electron chi connectivity index (χ3n) is 2.36. The van der Waals surface area contributed by atoms with Crippen molar-refractivity contribution < 1.29 is 13.5 Å². The molecule has 0 atom stereocenters. The number of sulfonamides is 1. The molecule has 0 bridgehead atoms. The number of hydrogen-bond donors (Lipinski definition) is 2. The molecule has 2 N–H and O–H groups in total. The molecule has 1 aromatic carbocycles. The third kappa shape index (κ3) is 3.14. The molecule has 2 aromatic rings. The van der Waals surface area contributed by atoms with E-state index < -0.39 is 10.0 Å². The lowest BCUT2D eigenvalue weighted by Gasteiger charge is -2.08. The van der Waals surface area contributed by atoms with Gasteiger partial charge < -0.3 is 5.11 Å². The Kier molecular flexibility index (Phi) is 3.96. The molecule has 0 aliphatic rings. The van der Waals surface area contributed by atoms with Crippen LogP contribution in [-0.2, 0) is 10.0 Å². The Hall–Kier alpha value is -0.950. The lowest BCUT2D eigenvalue weighted by Crippen LogP contribution is -2.12. The van der Waals surface area contributed by atoms with Crippen LogP contribution >= 0.6 is 34.5 Å². The number of thiophene rings is 1. The lowest BCUT2D eigenvalue weighted by atomic mass is 10.2. The van der Waals surface area contributed by atoms with E-state index in [4.69, 9.17) is 23.2 Å². The molecule has 1 heterocycles. The quantitative estimate of drug-likeness (QED) is 0.835. The van der Waals surface area contributed by atoms with Crippen LogP contribution in [0.3, 0.4) is 0 Å². The van der Waals surface area contributed by atoms with Gasteiger partial charge in [0, 0.05) is 5.69 Å². The van der Waals surface area contributed by atoms with Crippen molar-refractivity contribution in [3.05, 3.63) is 38.5 Å². The predicted molar refractivity (Wildman–Crippen MR) is 78.0 cm³/mol. The number of rotatable bonds is 3. The van der Waals surface area contributed by atoms with Gasteiger partial charge in [0.1, 0.15) is 15.0 Å². The van der Waals surface area contributed by atoms with Crippen LogP contribution in [0.5, 0.6) is 5.75 Å². The Morgan fingerprint density at radius 1 is 1.26 bits per heavy atom. The van der Waals surface area contributed by atoms with Gasteiger partial charge in [-0.2, -0.15) is 0 Å². The first-order valence-corrected chi connectivity index (χ1v) is 8.12. The first-order chi connectivity index (χ1) is 8.79. The van der Waals surface area contributed by atoms with Crippen LogP contribution in [0, 0.1) is 6.92 Å². The molecule has 19 heavy (non-hydrogen) atoms. The Morgan fingerprint density at radius 3 is 2.47 bits per heavy atom. The van der Waals surface area contributed by atoms with E-state index in [1.165, 1.54) is 24.3 Å². The summed E-state index contributed by atoms with van der Waals surface area (Å²) >= 11 is 12.5. The Balaban J connectivity index is 2.36. The van der Waals surface area contributed by atoms with Gasteiger partial charge >= 0.3 is 0 Å². The van der Waals surface area contributed by atoms with E-state index in [-0.39, 0.29) is 15.0 Å². The minimum absolute atomic E-state index is 0.0603. The topological polar surface area (TPSA) is 66.4 Å². The molecule has 8 heteroatoms. The number of phenols is 1. The summed E-state index contributed by atoms with van der Waals surface area (Å²) < 4.78 is 27.0. The molecule has 2 rings (SSSR count). The van der Waals surface area contributed by atoms with E-state index in [1.54, 1.807) is 6.92 Å². The van der Waals surface area contributed by atoms with Gasteiger partial charge in [-0.25, -0.2) is 8.42 Å². The second-order valence-electron chi connectivity index (χ2n) is 3.80. The molecule has 102 valence electrons. The molecular weight excluding hydrogens is 329 g/mol. The Bertz CT molecular complexity index is 726. The average Bonchev–Trinajstić information content (AvgIpc) is 2.63. The fourth-order valence-electron chi connectivity index (χ4n) is 1.44. The van der Waals surface area contributed by atoms with E-state index in [0.29, 0.717) is 15.6 Å². The molecule has 1 aromatic heterocycles. The van der Waals surface area contributed by atoms with Gasteiger partial charge in [0.15, 0.2) is 0 Å². The van der Waals surface area contributed by atoms with Gasteiger partial charge in [-0.3, -0.25) is 4.72 Å². The molecule has 4 nitrogen and oxygen atoms in total. The number of aromatic hydroxyl groups is 1. The van der Waals surface area contributed by atoms with Gasteiger partial charge in [0.05, 0.1) is 4.34 Å². The summed E-state index contributed by atoms with van der Waals surface area (Å²) in [7, 11) is -3.79. The maximum atomic E-state index is 12.1. The molecule has 0 fully saturated rings. The summed E-state index contributed by atoms with van der Waals surface area (Å²) in [5.41, 5.74) is 0.906. The zero-order chi connectivity index (χ0) is 14.2. The van der Waals surface area contributed by atoms with Crippen LogP contribution in [0.4, 0.5) is 5.69 Å². The molecule has 0 spiro atoms. The molecular formula is C11H9Cl2NO3S2. The molecule has 0 saturated carbocycles. The molecule has 0 unspecified atom stereocenters. The SMILES string of the molecule is Cc1cc(NS(=O)(=O)c2cc(Cl)sc2Cl)ccc1O. The fraction of sp³-hybridized carbons (Fsp3) is 0.0909. The van der Waals surface area contributed by atoms with Crippen molar-refractivity contribution >= 4 is 50.2 Å². The highest BCUT2D eigenvalue weighted by molar-refractivity contribution is 7.93. The van der Waals surface area contributed by atoms with E-state index >= 15 is 0 Å². The van der Waals surface area contributed by atoms with Crippen LogP contribution in [0.1, 0.15) is 5.56 Å².